The molecule has 0 aromatic carbocycles. The van der Waals surface area contributed by atoms with Crippen molar-refractivity contribution in [2.24, 2.45) is 17.8 Å². The smallest absolute Gasteiger partial charge is 0.291 e. The first kappa shape index (κ1) is 19.2. The van der Waals surface area contributed by atoms with E-state index in [0.29, 0.717) is 18.7 Å². The van der Waals surface area contributed by atoms with E-state index in [1.54, 1.807) is 6.92 Å². The van der Waals surface area contributed by atoms with E-state index >= 15 is 0 Å². The van der Waals surface area contributed by atoms with Crippen molar-refractivity contribution < 1.29 is 13.3 Å². The Morgan fingerprint density at radius 1 is 1.11 bits per heavy atom. The molecule has 0 aliphatic heterocycles. The number of halogens is 2. The Bertz CT molecular complexity index is 234. The van der Waals surface area contributed by atoms with Gasteiger partial charge in [0.05, 0.1) is 6.61 Å². The molecule has 116 valence electrons. The topological polar surface area (TPSA) is 9.23 Å². The van der Waals surface area contributed by atoms with E-state index in [0.717, 1.165) is 19.3 Å². The molecule has 0 saturated heterocycles. The van der Waals surface area contributed by atoms with Gasteiger partial charge in [0, 0.05) is 5.92 Å². The second-order valence-corrected chi connectivity index (χ2v) is 7.92. The number of rotatable bonds is 10. The maximum absolute atomic E-state index is 14.4. The Hall–Kier alpha value is 0.250. The Morgan fingerprint density at radius 3 is 2.11 bits per heavy atom. The van der Waals surface area contributed by atoms with Gasteiger partial charge in [-0.3, -0.25) is 0 Å². The Balaban J connectivity index is 4.52. The van der Waals surface area contributed by atoms with E-state index in [1.165, 1.54) is 0 Å². The highest BCUT2D eigenvalue weighted by atomic mass is 31.1. The third-order valence-electron chi connectivity index (χ3n) is 3.86. The van der Waals surface area contributed by atoms with Crippen molar-refractivity contribution in [2.45, 2.75) is 66.5 Å². The van der Waals surface area contributed by atoms with Gasteiger partial charge in [-0.15, -0.1) is 0 Å². The minimum Gasteiger partial charge on any atom is -0.353 e. The number of alkyl halides is 2. The minimum absolute atomic E-state index is 0.0185. The lowest BCUT2D eigenvalue weighted by atomic mass is 9.99. The molecule has 0 radical (unpaired) electrons. The molecular weight excluding hydrogens is 265 g/mol. The second-order valence-electron chi connectivity index (χ2n) is 5.86. The molecule has 0 aromatic rings. The van der Waals surface area contributed by atoms with Crippen molar-refractivity contribution in [2.75, 3.05) is 12.8 Å². The molecule has 0 rings (SSSR count). The fourth-order valence-corrected chi connectivity index (χ4v) is 3.78. The van der Waals surface area contributed by atoms with Crippen LogP contribution in [-0.4, -0.2) is 18.4 Å². The zero-order valence-corrected chi connectivity index (χ0v) is 14.3. The van der Waals surface area contributed by atoms with Gasteiger partial charge < -0.3 is 4.52 Å². The minimum atomic E-state index is -2.67. The maximum Gasteiger partial charge on any atom is 0.291 e. The van der Waals surface area contributed by atoms with Crippen molar-refractivity contribution in [3.63, 3.8) is 0 Å². The molecule has 19 heavy (non-hydrogen) atoms. The van der Waals surface area contributed by atoms with E-state index < -0.39 is 19.7 Å². The molecule has 0 fully saturated rings. The first-order valence-electron chi connectivity index (χ1n) is 7.55. The fraction of sp³-hybridized carbons (Fsp3) is 1.00. The van der Waals surface area contributed by atoms with Crippen LogP contribution in [0, 0.1) is 17.8 Å². The van der Waals surface area contributed by atoms with Crippen LogP contribution in [0.5, 0.6) is 0 Å². The third-order valence-corrected chi connectivity index (χ3v) is 6.28. The molecule has 0 amide bonds. The van der Waals surface area contributed by atoms with Crippen molar-refractivity contribution in [3.05, 3.63) is 0 Å². The Labute approximate surface area is 119 Å². The average Bonchev–Trinajstić information content (AvgIpc) is 2.36. The van der Waals surface area contributed by atoms with Crippen LogP contribution in [0.4, 0.5) is 8.78 Å². The average molecular weight is 296 g/mol. The van der Waals surface area contributed by atoms with Gasteiger partial charge in [0.2, 0.25) is 0 Å². The molecule has 0 aromatic heterocycles. The van der Waals surface area contributed by atoms with Gasteiger partial charge in [0.15, 0.2) is 0 Å². The molecule has 0 saturated carbocycles. The molecule has 0 heterocycles. The normalized spacial score (nSPS) is 17.5. The summed E-state index contributed by atoms with van der Waals surface area (Å²) in [5.41, 5.74) is -2.67. The Kier molecular flexibility index (Phi) is 9.36. The van der Waals surface area contributed by atoms with Crippen LogP contribution in [0.2, 0.25) is 0 Å². The van der Waals surface area contributed by atoms with Crippen LogP contribution >= 0.6 is 8.15 Å². The summed E-state index contributed by atoms with van der Waals surface area (Å²) in [6.45, 7) is 12.0. The van der Waals surface area contributed by atoms with Gasteiger partial charge in [-0.2, -0.15) is 8.78 Å². The fourth-order valence-electron chi connectivity index (χ4n) is 1.70. The summed E-state index contributed by atoms with van der Waals surface area (Å²) in [5, 5.41) is 0. The first-order chi connectivity index (χ1) is 8.77. The van der Waals surface area contributed by atoms with Crippen LogP contribution in [0.15, 0.2) is 0 Å². The van der Waals surface area contributed by atoms with Crippen molar-refractivity contribution in [1.82, 2.24) is 0 Å². The lowest BCUT2D eigenvalue weighted by Crippen LogP contribution is -2.29. The highest BCUT2D eigenvalue weighted by Gasteiger charge is 2.46. The van der Waals surface area contributed by atoms with Gasteiger partial charge in [0.25, 0.3) is 5.66 Å². The zero-order chi connectivity index (χ0) is 15.1. The SMILES string of the molecule is CCCP(OCCC(C)CC)C(F)(F)C(C)C(C)C. The predicted molar refractivity (Wildman–Crippen MR) is 81.1 cm³/mol. The molecule has 0 aliphatic rings. The van der Waals surface area contributed by atoms with Crippen molar-refractivity contribution in [1.29, 1.82) is 0 Å². The molecule has 4 heteroatoms. The molecule has 0 bridgehead atoms. The van der Waals surface area contributed by atoms with E-state index in [2.05, 4.69) is 13.8 Å². The number of hydrogen-bond acceptors (Lipinski definition) is 1. The predicted octanol–water partition coefficient (Wildman–Crippen LogP) is 6.13. The summed E-state index contributed by atoms with van der Waals surface area (Å²) in [6.07, 6.45) is 3.22. The van der Waals surface area contributed by atoms with E-state index in [9.17, 15) is 8.78 Å². The van der Waals surface area contributed by atoms with E-state index in [4.69, 9.17) is 4.52 Å². The molecule has 0 aliphatic carbocycles. The Morgan fingerprint density at radius 2 is 1.68 bits per heavy atom. The molecule has 1 nitrogen and oxygen atoms in total. The van der Waals surface area contributed by atoms with Crippen molar-refractivity contribution >= 4 is 8.15 Å². The van der Waals surface area contributed by atoms with E-state index in [-0.39, 0.29) is 5.92 Å². The second kappa shape index (κ2) is 9.23. The quantitative estimate of drug-likeness (QED) is 0.440. The van der Waals surface area contributed by atoms with E-state index in [1.807, 2.05) is 20.8 Å². The maximum atomic E-state index is 14.4. The largest absolute Gasteiger partial charge is 0.353 e. The summed E-state index contributed by atoms with van der Waals surface area (Å²) in [7, 11) is -1.64. The highest BCUT2D eigenvalue weighted by Crippen LogP contribution is 2.58. The van der Waals surface area contributed by atoms with Gasteiger partial charge in [-0.25, -0.2) is 0 Å². The number of hydrogen-bond donors (Lipinski definition) is 0. The summed E-state index contributed by atoms with van der Waals surface area (Å²) < 4.78 is 34.5. The summed E-state index contributed by atoms with van der Waals surface area (Å²) in [4.78, 5) is 0. The monoisotopic (exact) mass is 296 g/mol. The van der Waals surface area contributed by atoms with Crippen LogP contribution in [0.1, 0.15) is 60.8 Å². The van der Waals surface area contributed by atoms with Crippen LogP contribution in [-0.2, 0) is 4.52 Å². The molecule has 0 N–H and O–H groups in total. The highest BCUT2D eigenvalue weighted by molar-refractivity contribution is 7.53. The molecule has 0 spiro atoms. The van der Waals surface area contributed by atoms with Crippen molar-refractivity contribution in [3.8, 4) is 0 Å². The summed E-state index contributed by atoms with van der Waals surface area (Å²) in [6, 6.07) is 0. The third kappa shape index (κ3) is 6.49. The van der Waals surface area contributed by atoms with Gasteiger partial charge in [0.1, 0.15) is 8.15 Å². The molecular formula is C15H31F2OP. The first-order valence-corrected chi connectivity index (χ1v) is 9.00. The molecule has 3 atom stereocenters. The van der Waals surface area contributed by atoms with Gasteiger partial charge >= 0.3 is 0 Å². The lowest BCUT2D eigenvalue weighted by Gasteiger charge is -2.33. The summed E-state index contributed by atoms with van der Waals surface area (Å²) in [5.74, 6) is -0.0848. The summed E-state index contributed by atoms with van der Waals surface area (Å²) >= 11 is 0. The lowest BCUT2D eigenvalue weighted by molar-refractivity contribution is 0.00630. The standard InChI is InChI=1S/C15H31F2OP/c1-7-11-19(18-10-9-13(5)8-2)15(16,17)14(6)12(3)4/h12-14H,7-11H2,1-6H3. The van der Waals surface area contributed by atoms with Crippen LogP contribution in [0.3, 0.4) is 0 Å². The zero-order valence-electron chi connectivity index (χ0n) is 13.4. The van der Waals surface area contributed by atoms with Gasteiger partial charge in [-0.05, 0) is 30.8 Å². The van der Waals surface area contributed by atoms with Crippen LogP contribution in [0.25, 0.3) is 0 Å². The van der Waals surface area contributed by atoms with Gasteiger partial charge in [-0.1, -0.05) is 48.0 Å². The molecule has 3 unspecified atom stereocenters. The van der Waals surface area contributed by atoms with Crippen LogP contribution < -0.4 is 0 Å².